The van der Waals surface area contributed by atoms with Crippen LogP contribution < -0.4 is 5.32 Å². The van der Waals surface area contributed by atoms with Crippen LogP contribution in [0, 0.1) is 6.92 Å². The van der Waals surface area contributed by atoms with Gasteiger partial charge in [0.2, 0.25) is 0 Å². The van der Waals surface area contributed by atoms with E-state index < -0.39 is 0 Å². The smallest absolute Gasteiger partial charge is 0.115 e. The third-order valence-electron chi connectivity index (χ3n) is 2.73. The van der Waals surface area contributed by atoms with Crippen LogP contribution in [0.25, 0.3) is 0 Å². The molecule has 1 atom stereocenters. The molecule has 0 fully saturated rings. The van der Waals surface area contributed by atoms with E-state index in [1.807, 2.05) is 25.1 Å². The van der Waals surface area contributed by atoms with Crippen LogP contribution in [0.15, 0.2) is 30.5 Å². The van der Waals surface area contributed by atoms with Crippen molar-refractivity contribution in [1.29, 1.82) is 0 Å². The molecule has 1 aromatic carbocycles. The van der Waals surface area contributed by atoms with Gasteiger partial charge in [-0.25, -0.2) is 0 Å². The molecule has 0 aliphatic carbocycles. The van der Waals surface area contributed by atoms with Crippen LogP contribution in [0.3, 0.4) is 0 Å². The zero-order chi connectivity index (χ0) is 11.4. The Morgan fingerprint density at radius 1 is 1.50 bits per heavy atom. The number of benzene rings is 1. The van der Waals surface area contributed by atoms with Gasteiger partial charge in [-0.1, -0.05) is 17.7 Å². The van der Waals surface area contributed by atoms with Crippen molar-refractivity contribution < 1.29 is 4.74 Å². The molecule has 0 bridgehead atoms. The highest BCUT2D eigenvalue weighted by Crippen LogP contribution is 2.20. The molecule has 1 aliphatic heterocycles. The van der Waals surface area contributed by atoms with E-state index in [0.717, 1.165) is 35.7 Å². The van der Waals surface area contributed by atoms with Gasteiger partial charge in [0, 0.05) is 10.7 Å². The molecule has 1 heterocycles. The average Bonchev–Trinajstić information content (AvgIpc) is 2.32. The van der Waals surface area contributed by atoms with Crippen LogP contribution in [-0.4, -0.2) is 12.6 Å². The summed E-state index contributed by atoms with van der Waals surface area (Å²) >= 11 is 6.05. The minimum atomic E-state index is 0.269. The van der Waals surface area contributed by atoms with Crippen molar-refractivity contribution in [3.63, 3.8) is 0 Å². The fraction of sp³-hybridized carbons (Fsp3) is 0.385. The summed E-state index contributed by atoms with van der Waals surface area (Å²) in [6, 6.07) is 6.02. The summed E-state index contributed by atoms with van der Waals surface area (Å²) in [5, 5.41) is 4.14. The molecular weight excluding hydrogens is 222 g/mol. The molecule has 86 valence electrons. The van der Waals surface area contributed by atoms with E-state index in [0.29, 0.717) is 0 Å². The second-order valence-electron chi connectivity index (χ2n) is 4.05. The van der Waals surface area contributed by atoms with Gasteiger partial charge < -0.3 is 10.1 Å². The maximum Gasteiger partial charge on any atom is 0.115 e. The lowest BCUT2D eigenvalue weighted by atomic mass is 10.1. The summed E-state index contributed by atoms with van der Waals surface area (Å²) in [6.45, 7) is 2.82. The van der Waals surface area contributed by atoms with Crippen molar-refractivity contribution in [2.45, 2.75) is 25.9 Å². The Labute approximate surface area is 101 Å². The van der Waals surface area contributed by atoms with E-state index in [4.69, 9.17) is 16.3 Å². The molecule has 1 aromatic rings. The molecule has 2 nitrogen and oxygen atoms in total. The van der Waals surface area contributed by atoms with Gasteiger partial charge in [0.25, 0.3) is 0 Å². The number of hydrogen-bond acceptors (Lipinski definition) is 2. The fourth-order valence-electron chi connectivity index (χ4n) is 1.67. The Bertz CT molecular complexity index is 390. The predicted octanol–water partition coefficient (Wildman–Crippen LogP) is 3.75. The fourth-order valence-corrected chi connectivity index (χ4v) is 1.85. The molecule has 2 rings (SSSR count). The van der Waals surface area contributed by atoms with Crippen LogP contribution in [0.4, 0.5) is 5.69 Å². The highest BCUT2D eigenvalue weighted by atomic mass is 35.5. The molecule has 0 radical (unpaired) electrons. The molecule has 16 heavy (non-hydrogen) atoms. The Hall–Kier alpha value is -1.15. The summed E-state index contributed by atoms with van der Waals surface area (Å²) in [5.41, 5.74) is 2.15. The first kappa shape index (κ1) is 11.3. The van der Waals surface area contributed by atoms with E-state index in [1.54, 1.807) is 6.26 Å². The summed E-state index contributed by atoms with van der Waals surface area (Å²) in [5.74, 6) is 0. The van der Waals surface area contributed by atoms with Crippen molar-refractivity contribution in [2.75, 3.05) is 11.9 Å². The lowest BCUT2D eigenvalue weighted by Crippen LogP contribution is -2.22. The first-order valence-electron chi connectivity index (χ1n) is 5.56. The monoisotopic (exact) mass is 237 g/mol. The Kier molecular flexibility index (Phi) is 3.73. The van der Waals surface area contributed by atoms with Gasteiger partial charge in [-0.05, 0) is 43.5 Å². The van der Waals surface area contributed by atoms with E-state index >= 15 is 0 Å². The number of anilines is 1. The van der Waals surface area contributed by atoms with Gasteiger partial charge in [0.1, 0.15) is 6.10 Å². The van der Waals surface area contributed by atoms with Gasteiger partial charge >= 0.3 is 0 Å². The second-order valence-corrected chi connectivity index (χ2v) is 4.46. The van der Waals surface area contributed by atoms with Gasteiger partial charge in [0.15, 0.2) is 0 Å². The lowest BCUT2D eigenvalue weighted by Gasteiger charge is -2.20. The minimum Gasteiger partial charge on any atom is -0.497 e. The third kappa shape index (κ3) is 2.92. The Morgan fingerprint density at radius 2 is 2.38 bits per heavy atom. The van der Waals surface area contributed by atoms with Crippen molar-refractivity contribution >= 4 is 17.3 Å². The number of hydrogen-bond donors (Lipinski definition) is 1. The van der Waals surface area contributed by atoms with Crippen LogP contribution >= 0.6 is 11.6 Å². The van der Waals surface area contributed by atoms with Crippen molar-refractivity contribution in [2.24, 2.45) is 0 Å². The van der Waals surface area contributed by atoms with E-state index in [-0.39, 0.29) is 6.10 Å². The van der Waals surface area contributed by atoms with Crippen LogP contribution in [0.1, 0.15) is 18.4 Å². The topological polar surface area (TPSA) is 21.3 Å². The van der Waals surface area contributed by atoms with Crippen LogP contribution in [0.5, 0.6) is 0 Å². The summed E-state index contributed by atoms with van der Waals surface area (Å²) < 4.78 is 5.48. The zero-order valence-electron chi connectivity index (χ0n) is 9.37. The molecule has 0 aromatic heterocycles. The highest BCUT2D eigenvalue weighted by molar-refractivity contribution is 6.31. The number of nitrogens with one attached hydrogen (secondary N) is 1. The second kappa shape index (κ2) is 5.26. The largest absolute Gasteiger partial charge is 0.497 e. The Morgan fingerprint density at radius 3 is 3.06 bits per heavy atom. The van der Waals surface area contributed by atoms with Crippen molar-refractivity contribution in [3.05, 3.63) is 41.1 Å². The number of allylic oxidation sites excluding steroid dienone is 1. The Balaban J connectivity index is 1.89. The first-order chi connectivity index (χ1) is 7.75. The van der Waals surface area contributed by atoms with E-state index in [9.17, 15) is 0 Å². The molecule has 0 amide bonds. The number of rotatable bonds is 3. The maximum atomic E-state index is 6.05. The molecule has 1 unspecified atom stereocenters. The van der Waals surface area contributed by atoms with Crippen molar-refractivity contribution in [1.82, 2.24) is 0 Å². The lowest BCUT2D eigenvalue weighted by molar-refractivity contribution is 0.135. The number of aryl methyl sites for hydroxylation is 1. The average molecular weight is 238 g/mol. The maximum absolute atomic E-state index is 6.05. The van der Waals surface area contributed by atoms with E-state index in [2.05, 4.69) is 11.4 Å². The highest BCUT2D eigenvalue weighted by Gasteiger charge is 2.10. The van der Waals surface area contributed by atoms with Crippen LogP contribution in [0.2, 0.25) is 5.02 Å². The van der Waals surface area contributed by atoms with Gasteiger partial charge in [-0.2, -0.15) is 0 Å². The van der Waals surface area contributed by atoms with Crippen LogP contribution in [-0.2, 0) is 4.74 Å². The zero-order valence-corrected chi connectivity index (χ0v) is 10.1. The van der Waals surface area contributed by atoms with Gasteiger partial charge in [-0.3, -0.25) is 0 Å². The standard InChI is InChI=1S/C13H16ClNO/c1-10-5-6-11(8-13(10)14)15-9-12-4-2-3-7-16-12/h3,5-8,12,15H,2,4,9H2,1H3. The SMILES string of the molecule is Cc1ccc(NCC2CCC=CO2)cc1Cl. The molecule has 0 saturated carbocycles. The summed E-state index contributed by atoms with van der Waals surface area (Å²) in [7, 11) is 0. The van der Waals surface area contributed by atoms with E-state index in [1.165, 1.54) is 0 Å². The third-order valence-corrected chi connectivity index (χ3v) is 3.14. The molecule has 1 aliphatic rings. The minimum absolute atomic E-state index is 0.269. The molecule has 3 heteroatoms. The number of ether oxygens (including phenoxy) is 1. The molecular formula is C13H16ClNO. The van der Waals surface area contributed by atoms with Crippen molar-refractivity contribution in [3.8, 4) is 0 Å². The molecule has 1 N–H and O–H groups in total. The summed E-state index contributed by atoms with van der Waals surface area (Å²) in [4.78, 5) is 0. The summed E-state index contributed by atoms with van der Waals surface area (Å²) in [6.07, 6.45) is 6.28. The van der Waals surface area contributed by atoms with Gasteiger partial charge in [0.05, 0.1) is 12.8 Å². The molecule has 0 spiro atoms. The predicted molar refractivity (Wildman–Crippen MR) is 67.9 cm³/mol. The van der Waals surface area contributed by atoms with Gasteiger partial charge in [-0.15, -0.1) is 0 Å². The first-order valence-corrected chi connectivity index (χ1v) is 5.94. The normalized spacial score (nSPS) is 19.2. The quantitative estimate of drug-likeness (QED) is 0.865. The molecule has 0 saturated heterocycles. The number of halogens is 1.